The number of benzene rings is 1. The van der Waals surface area contributed by atoms with Gasteiger partial charge in [0.15, 0.2) is 0 Å². The summed E-state index contributed by atoms with van der Waals surface area (Å²) in [7, 11) is 0. The first-order valence-electron chi connectivity index (χ1n) is 4.43. The molecule has 5 heteroatoms. The lowest BCUT2D eigenvalue weighted by Gasteiger charge is -2.09. The Bertz CT molecular complexity index is 420. The molecule has 0 saturated carbocycles. The molecule has 0 aliphatic rings. The first-order valence-corrected chi connectivity index (χ1v) is 6.02. The average Bonchev–Trinajstić information content (AvgIpc) is 2.70. The molecule has 2 rings (SSSR count). The van der Waals surface area contributed by atoms with E-state index >= 15 is 0 Å². The molecule has 0 aliphatic heterocycles. The van der Waals surface area contributed by atoms with E-state index < -0.39 is 0 Å². The molecule has 0 atom stereocenters. The first kappa shape index (κ1) is 10.7. The number of halogens is 2. The lowest BCUT2D eigenvalue weighted by Crippen LogP contribution is -2.01. The number of aromatic nitrogens is 2. The molecule has 15 heavy (non-hydrogen) atoms. The Balaban J connectivity index is 2.11. The zero-order valence-electron chi connectivity index (χ0n) is 7.80. The molecule has 78 valence electrons. The topological polar surface area (TPSA) is 40.7 Å². The van der Waals surface area contributed by atoms with Gasteiger partial charge in [-0.3, -0.25) is 5.10 Å². The van der Waals surface area contributed by atoms with Gasteiger partial charge < -0.3 is 5.32 Å². The van der Waals surface area contributed by atoms with Gasteiger partial charge >= 0.3 is 0 Å². The van der Waals surface area contributed by atoms with E-state index in [1.165, 1.54) is 0 Å². The normalized spacial score (nSPS) is 10.3. The highest BCUT2D eigenvalue weighted by Gasteiger charge is 2.03. The maximum absolute atomic E-state index is 3.89. The van der Waals surface area contributed by atoms with Gasteiger partial charge in [-0.05, 0) is 50.1 Å². The summed E-state index contributed by atoms with van der Waals surface area (Å²) < 4.78 is 2.08. The fourth-order valence-electron chi connectivity index (χ4n) is 1.23. The Morgan fingerprint density at radius 3 is 2.53 bits per heavy atom. The summed E-state index contributed by atoms with van der Waals surface area (Å²) in [5.41, 5.74) is 2.10. The largest absolute Gasteiger partial charge is 0.378 e. The van der Waals surface area contributed by atoms with Crippen LogP contribution < -0.4 is 5.32 Å². The molecule has 0 aliphatic carbocycles. The van der Waals surface area contributed by atoms with Gasteiger partial charge in [0, 0.05) is 15.1 Å². The summed E-state index contributed by atoms with van der Waals surface area (Å²) in [4.78, 5) is 0. The highest BCUT2D eigenvalue weighted by Crippen LogP contribution is 2.30. The van der Waals surface area contributed by atoms with Crippen LogP contribution in [0.4, 0.5) is 5.69 Å². The van der Waals surface area contributed by atoms with Crippen LogP contribution in [0.15, 0.2) is 39.4 Å². The number of H-pyrrole nitrogens is 1. The van der Waals surface area contributed by atoms with Crippen molar-refractivity contribution < 1.29 is 0 Å². The molecule has 3 nitrogen and oxygen atoms in total. The Morgan fingerprint density at radius 2 is 1.93 bits per heavy atom. The minimum Gasteiger partial charge on any atom is -0.378 e. The van der Waals surface area contributed by atoms with Crippen LogP contribution in [0.2, 0.25) is 0 Å². The molecule has 0 fully saturated rings. The van der Waals surface area contributed by atoms with Gasteiger partial charge in [0.05, 0.1) is 17.9 Å². The number of anilines is 1. The maximum Gasteiger partial charge on any atom is 0.0632 e. The van der Waals surface area contributed by atoms with Crippen molar-refractivity contribution in [3.63, 3.8) is 0 Å². The summed E-state index contributed by atoms with van der Waals surface area (Å²) in [6, 6.07) is 7.92. The number of hydrogen-bond acceptors (Lipinski definition) is 2. The van der Waals surface area contributed by atoms with Gasteiger partial charge in [0.2, 0.25) is 0 Å². The molecule has 0 spiro atoms. The van der Waals surface area contributed by atoms with E-state index in [0.717, 1.165) is 26.9 Å². The predicted octanol–water partition coefficient (Wildman–Crippen LogP) is 3.55. The smallest absolute Gasteiger partial charge is 0.0632 e. The second-order valence-electron chi connectivity index (χ2n) is 3.03. The molecule has 1 aromatic carbocycles. The van der Waals surface area contributed by atoms with Gasteiger partial charge in [-0.25, -0.2) is 0 Å². The summed E-state index contributed by atoms with van der Waals surface area (Å²) in [6.07, 6.45) is 1.74. The molecular weight excluding hydrogens is 322 g/mol. The van der Waals surface area contributed by atoms with Crippen molar-refractivity contribution in [3.05, 3.63) is 45.1 Å². The van der Waals surface area contributed by atoms with Crippen LogP contribution >= 0.6 is 31.9 Å². The van der Waals surface area contributed by atoms with E-state index in [4.69, 9.17) is 0 Å². The standard InChI is InChI=1S/C10H9Br2N3/c11-8-2-1-3-9(12)10(8)13-6-7-4-5-14-15-7/h1-5,13H,6H2,(H,14,15). The monoisotopic (exact) mass is 329 g/mol. The van der Waals surface area contributed by atoms with Crippen molar-refractivity contribution in [2.24, 2.45) is 0 Å². The van der Waals surface area contributed by atoms with Gasteiger partial charge in [0.1, 0.15) is 0 Å². The minimum absolute atomic E-state index is 0.723. The highest BCUT2D eigenvalue weighted by atomic mass is 79.9. The minimum atomic E-state index is 0.723. The second kappa shape index (κ2) is 4.81. The summed E-state index contributed by atoms with van der Waals surface area (Å²) >= 11 is 6.99. The Kier molecular flexibility index (Phi) is 3.43. The van der Waals surface area contributed by atoms with Crippen LogP contribution in [0.5, 0.6) is 0 Å². The lowest BCUT2D eigenvalue weighted by atomic mass is 10.3. The Hall–Kier alpha value is -0.810. The highest BCUT2D eigenvalue weighted by molar-refractivity contribution is 9.11. The van der Waals surface area contributed by atoms with Gasteiger partial charge in [0.25, 0.3) is 0 Å². The second-order valence-corrected chi connectivity index (χ2v) is 4.74. The molecule has 0 radical (unpaired) electrons. The lowest BCUT2D eigenvalue weighted by molar-refractivity contribution is 0.980. The van der Waals surface area contributed by atoms with Crippen molar-refractivity contribution >= 4 is 37.5 Å². The summed E-state index contributed by atoms with van der Waals surface area (Å²) in [5.74, 6) is 0. The van der Waals surface area contributed by atoms with Crippen molar-refractivity contribution in [1.29, 1.82) is 0 Å². The van der Waals surface area contributed by atoms with Crippen molar-refractivity contribution in [2.75, 3.05) is 5.32 Å². The van der Waals surface area contributed by atoms with Gasteiger partial charge in [-0.2, -0.15) is 5.10 Å². The first-order chi connectivity index (χ1) is 7.27. The van der Waals surface area contributed by atoms with Gasteiger partial charge in [-0.15, -0.1) is 0 Å². The number of para-hydroxylation sites is 1. The van der Waals surface area contributed by atoms with E-state index in [1.54, 1.807) is 6.20 Å². The molecule has 0 bridgehead atoms. The van der Waals surface area contributed by atoms with Crippen LogP contribution in [0, 0.1) is 0 Å². The third-order valence-electron chi connectivity index (χ3n) is 1.98. The maximum atomic E-state index is 3.89. The Morgan fingerprint density at radius 1 is 1.20 bits per heavy atom. The fourth-order valence-corrected chi connectivity index (χ4v) is 2.51. The van der Waals surface area contributed by atoms with Crippen LogP contribution in [0.3, 0.4) is 0 Å². The molecule has 1 aromatic heterocycles. The number of rotatable bonds is 3. The van der Waals surface area contributed by atoms with Crippen molar-refractivity contribution in [2.45, 2.75) is 6.54 Å². The van der Waals surface area contributed by atoms with E-state index in [9.17, 15) is 0 Å². The predicted molar refractivity (Wildman–Crippen MR) is 67.8 cm³/mol. The van der Waals surface area contributed by atoms with Crippen molar-refractivity contribution in [1.82, 2.24) is 10.2 Å². The molecule has 2 aromatic rings. The quantitative estimate of drug-likeness (QED) is 0.903. The van der Waals surface area contributed by atoms with E-state index in [2.05, 4.69) is 47.4 Å². The van der Waals surface area contributed by atoms with Crippen LogP contribution in [-0.4, -0.2) is 10.2 Å². The van der Waals surface area contributed by atoms with E-state index in [-0.39, 0.29) is 0 Å². The van der Waals surface area contributed by atoms with Crippen LogP contribution in [-0.2, 0) is 6.54 Å². The number of aromatic amines is 1. The third kappa shape index (κ3) is 2.60. The summed E-state index contributed by atoms with van der Waals surface area (Å²) in [5, 5.41) is 10.1. The molecule has 2 N–H and O–H groups in total. The van der Waals surface area contributed by atoms with Crippen LogP contribution in [0.25, 0.3) is 0 Å². The van der Waals surface area contributed by atoms with Gasteiger partial charge in [-0.1, -0.05) is 6.07 Å². The number of nitrogens with zero attached hydrogens (tertiary/aromatic N) is 1. The third-order valence-corrected chi connectivity index (χ3v) is 3.30. The van der Waals surface area contributed by atoms with E-state index in [1.807, 2.05) is 24.3 Å². The SMILES string of the molecule is Brc1cccc(Br)c1NCc1ccn[nH]1. The molecule has 1 heterocycles. The zero-order chi connectivity index (χ0) is 10.7. The van der Waals surface area contributed by atoms with Crippen molar-refractivity contribution in [3.8, 4) is 0 Å². The zero-order valence-corrected chi connectivity index (χ0v) is 11.0. The molecular formula is C10H9Br2N3. The fraction of sp³-hybridized carbons (Fsp3) is 0.100. The Labute approximate surface area is 105 Å². The molecule has 0 unspecified atom stereocenters. The molecule has 0 amide bonds. The summed E-state index contributed by atoms with van der Waals surface area (Å²) in [6.45, 7) is 0.723. The van der Waals surface area contributed by atoms with Crippen LogP contribution in [0.1, 0.15) is 5.69 Å². The molecule has 0 saturated heterocycles. The number of nitrogens with one attached hydrogen (secondary N) is 2. The van der Waals surface area contributed by atoms with E-state index in [0.29, 0.717) is 0 Å². The average molecular weight is 331 g/mol. The number of hydrogen-bond donors (Lipinski definition) is 2.